The Labute approximate surface area is 93.7 Å². The van der Waals surface area contributed by atoms with Gasteiger partial charge in [0.1, 0.15) is 0 Å². The number of hydrogen-bond donors (Lipinski definition) is 0. The van der Waals surface area contributed by atoms with Crippen molar-refractivity contribution in [3.05, 3.63) is 0 Å². The highest BCUT2D eigenvalue weighted by Crippen LogP contribution is 2.45. The maximum absolute atomic E-state index is 13.0. The minimum absolute atomic E-state index is 0.626. The molecule has 0 fully saturated rings. The maximum atomic E-state index is 13.0. The Kier molecular flexibility index (Phi) is 4.55. The molecule has 0 heterocycles. The molecule has 0 aliphatic rings. The number of alkyl halides is 10. The standard InChI is InChI=1S/C7H6F10O/c1-4(9,7(15,16)17)3(6(12,13)14)18-5(10,11)2-8/h3H,2H2,1H3. The first-order valence-electron chi connectivity index (χ1n) is 4.09. The second-order valence-corrected chi connectivity index (χ2v) is 3.38. The van der Waals surface area contributed by atoms with Crippen molar-refractivity contribution >= 4 is 0 Å². The fourth-order valence-electron chi connectivity index (χ4n) is 0.837. The summed E-state index contributed by atoms with van der Waals surface area (Å²) in [5.41, 5.74) is -5.15. The van der Waals surface area contributed by atoms with E-state index in [9.17, 15) is 43.9 Å². The van der Waals surface area contributed by atoms with Crippen LogP contribution < -0.4 is 0 Å². The third kappa shape index (κ3) is 3.89. The largest absolute Gasteiger partial charge is 0.425 e. The quantitative estimate of drug-likeness (QED) is 0.717. The fourth-order valence-corrected chi connectivity index (χ4v) is 0.837. The SMILES string of the molecule is CC(F)(C(OC(F)(F)CF)C(F)(F)F)C(F)(F)F. The minimum Gasteiger partial charge on any atom is -0.302 e. The molecule has 0 aliphatic heterocycles. The van der Waals surface area contributed by atoms with Crippen molar-refractivity contribution in [2.75, 3.05) is 6.67 Å². The van der Waals surface area contributed by atoms with Gasteiger partial charge in [-0.3, -0.25) is 0 Å². The van der Waals surface area contributed by atoms with Gasteiger partial charge >= 0.3 is 18.5 Å². The Morgan fingerprint density at radius 2 is 1.28 bits per heavy atom. The van der Waals surface area contributed by atoms with Crippen LogP contribution in [0.3, 0.4) is 0 Å². The van der Waals surface area contributed by atoms with Crippen LogP contribution in [0.1, 0.15) is 6.92 Å². The Morgan fingerprint density at radius 1 is 0.889 bits per heavy atom. The molecule has 0 rings (SSSR count). The molecule has 0 spiro atoms. The molecule has 0 aromatic carbocycles. The molecule has 0 aromatic heterocycles. The summed E-state index contributed by atoms with van der Waals surface area (Å²) in [7, 11) is 0. The van der Waals surface area contributed by atoms with Crippen LogP contribution in [0.5, 0.6) is 0 Å². The average molecular weight is 296 g/mol. The second kappa shape index (κ2) is 4.74. The van der Waals surface area contributed by atoms with Gasteiger partial charge in [-0.2, -0.15) is 35.1 Å². The van der Waals surface area contributed by atoms with Gasteiger partial charge in [0.2, 0.25) is 11.8 Å². The third-order valence-electron chi connectivity index (χ3n) is 1.79. The number of halogens is 10. The molecule has 0 aliphatic carbocycles. The fraction of sp³-hybridized carbons (Fsp3) is 1.00. The lowest BCUT2D eigenvalue weighted by molar-refractivity contribution is -0.381. The molecule has 0 bridgehead atoms. The Morgan fingerprint density at radius 3 is 1.50 bits per heavy atom. The summed E-state index contributed by atoms with van der Waals surface area (Å²) in [5.74, 6) is 0. The summed E-state index contributed by atoms with van der Waals surface area (Å²) < 4.78 is 124. The van der Waals surface area contributed by atoms with Crippen molar-refractivity contribution in [1.29, 1.82) is 0 Å². The molecule has 1 nitrogen and oxygen atoms in total. The van der Waals surface area contributed by atoms with E-state index in [0.29, 0.717) is 0 Å². The average Bonchev–Trinajstić information content (AvgIpc) is 2.10. The lowest BCUT2D eigenvalue weighted by Crippen LogP contribution is -2.58. The van der Waals surface area contributed by atoms with E-state index in [1.165, 1.54) is 0 Å². The Bertz CT molecular complexity index is 277. The molecule has 18 heavy (non-hydrogen) atoms. The molecular formula is C7H6F10O. The van der Waals surface area contributed by atoms with Crippen LogP contribution in [0.4, 0.5) is 43.9 Å². The summed E-state index contributed by atoms with van der Waals surface area (Å²) in [6.07, 6.45) is -22.0. The highest BCUT2D eigenvalue weighted by atomic mass is 19.4. The lowest BCUT2D eigenvalue weighted by atomic mass is 10.00. The molecule has 11 heteroatoms. The van der Waals surface area contributed by atoms with Crippen LogP contribution >= 0.6 is 0 Å². The highest BCUT2D eigenvalue weighted by Gasteiger charge is 2.68. The van der Waals surface area contributed by atoms with Gasteiger partial charge in [0, 0.05) is 0 Å². The van der Waals surface area contributed by atoms with Crippen LogP contribution in [0.15, 0.2) is 0 Å². The van der Waals surface area contributed by atoms with Crippen LogP contribution in [0, 0.1) is 0 Å². The van der Waals surface area contributed by atoms with Gasteiger partial charge in [-0.25, -0.2) is 8.78 Å². The first kappa shape index (κ1) is 17.3. The van der Waals surface area contributed by atoms with Crippen LogP contribution in [0.2, 0.25) is 0 Å². The predicted octanol–water partition coefficient (Wildman–Crippen LogP) is 3.79. The van der Waals surface area contributed by atoms with Crippen LogP contribution in [-0.2, 0) is 4.74 Å². The summed E-state index contributed by atoms with van der Waals surface area (Å²) >= 11 is 0. The molecular weight excluding hydrogens is 290 g/mol. The molecule has 110 valence electrons. The molecule has 0 aromatic rings. The summed E-state index contributed by atoms with van der Waals surface area (Å²) in [6.45, 7) is -3.45. The van der Waals surface area contributed by atoms with Gasteiger partial charge in [-0.1, -0.05) is 0 Å². The summed E-state index contributed by atoms with van der Waals surface area (Å²) in [6, 6.07) is 0. The van der Waals surface area contributed by atoms with Crippen LogP contribution in [-0.4, -0.2) is 36.9 Å². The summed E-state index contributed by atoms with van der Waals surface area (Å²) in [5, 5.41) is 0. The molecule has 0 saturated heterocycles. The predicted molar refractivity (Wildman–Crippen MR) is 37.4 cm³/mol. The van der Waals surface area contributed by atoms with E-state index >= 15 is 0 Å². The highest BCUT2D eigenvalue weighted by molar-refractivity contribution is 4.95. The number of hydrogen-bond acceptors (Lipinski definition) is 1. The van der Waals surface area contributed by atoms with Crippen LogP contribution in [0.25, 0.3) is 0 Å². The normalized spacial score (nSPS) is 19.5. The minimum atomic E-state index is -6.13. The van der Waals surface area contributed by atoms with Gasteiger partial charge < -0.3 is 4.74 Å². The van der Waals surface area contributed by atoms with Crippen molar-refractivity contribution in [3.8, 4) is 0 Å². The Balaban J connectivity index is 5.41. The van der Waals surface area contributed by atoms with E-state index < -0.39 is 43.8 Å². The van der Waals surface area contributed by atoms with E-state index in [0.717, 1.165) is 0 Å². The lowest BCUT2D eigenvalue weighted by Gasteiger charge is -2.34. The van der Waals surface area contributed by atoms with Gasteiger partial charge in [0.15, 0.2) is 6.67 Å². The van der Waals surface area contributed by atoms with E-state index in [2.05, 4.69) is 4.74 Å². The van der Waals surface area contributed by atoms with Crippen molar-refractivity contribution in [2.45, 2.75) is 37.2 Å². The van der Waals surface area contributed by atoms with E-state index in [-0.39, 0.29) is 0 Å². The molecule has 0 amide bonds. The topological polar surface area (TPSA) is 9.23 Å². The van der Waals surface area contributed by atoms with Crippen molar-refractivity contribution in [2.24, 2.45) is 0 Å². The molecule has 0 radical (unpaired) electrons. The third-order valence-corrected chi connectivity index (χ3v) is 1.79. The van der Waals surface area contributed by atoms with Crippen molar-refractivity contribution in [3.63, 3.8) is 0 Å². The maximum Gasteiger partial charge on any atom is 0.425 e. The zero-order chi connectivity index (χ0) is 15.0. The monoisotopic (exact) mass is 296 g/mol. The molecule has 0 saturated carbocycles. The smallest absolute Gasteiger partial charge is 0.302 e. The molecule has 2 atom stereocenters. The van der Waals surface area contributed by atoms with Gasteiger partial charge in [-0.05, 0) is 6.92 Å². The Hall–Kier alpha value is -0.740. The zero-order valence-corrected chi connectivity index (χ0v) is 8.47. The summed E-state index contributed by atoms with van der Waals surface area (Å²) in [4.78, 5) is 0. The van der Waals surface area contributed by atoms with Gasteiger partial charge in [0.05, 0.1) is 0 Å². The number of rotatable bonds is 4. The molecule has 0 N–H and O–H groups in total. The zero-order valence-electron chi connectivity index (χ0n) is 8.47. The van der Waals surface area contributed by atoms with E-state index in [1.54, 1.807) is 0 Å². The molecule has 2 unspecified atom stereocenters. The van der Waals surface area contributed by atoms with Crippen molar-refractivity contribution in [1.82, 2.24) is 0 Å². The second-order valence-electron chi connectivity index (χ2n) is 3.38. The first-order valence-corrected chi connectivity index (χ1v) is 4.09. The van der Waals surface area contributed by atoms with Crippen molar-refractivity contribution < 1.29 is 48.6 Å². The first-order chi connectivity index (χ1) is 7.65. The van der Waals surface area contributed by atoms with E-state index in [4.69, 9.17) is 0 Å². The van der Waals surface area contributed by atoms with Gasteiger partial charge in [0.25, 0.3) is 0 Å². The van der Waals surface area contributed by atoms with Gasteiger partial charge in [-0.15, -0.1) is 0 Å². The van der Waals surface area contributed by atoms with E-state index in [1.807, 2.05) is 0 Å². The number of ether oxygens (including phenoxy) is 1.